The van der Waals surface area contributed by atoms with Crippen LogP contribution in [-0.2, 0) is 4.79 Å². The summed E-state index contributed by atoms with van der Waals surface area (Å²) in [7, 11) is 0. The molecular weight excluding hydrogens is 308 g/mol. The van der Waals surface area contributed by atoms with Gasteiger partial charge in [0.1, 0.15) is 5.78 Å². The summed E-state index contributed by atoms with van der Waals surface area (Å²) < 4.78 is 0. The van der Waals surface area contributed by atoms with E-state index in [1.165, 1.54) is 51.4 Å². The van der Waals surface area contributed by atoms with Crippen molar-refractivity contribution in [2.45, 2.75) is 91.1 Å². The molecule has 9 atom stereocenters. The van der Waals surface area contributed by atoms with E-state index in [0.717, 1.165) is 36.5 Å². The van der Waals surface area contributed by atoms with E-state index < -0.39 is 0 Å². The summed E-state index contributed by atoms with van der Waals surface area (Å²) in [6.07, 6.45) is 12.3. The number of fused-ring (bicyclic) bond motifs is 7. The molecule has 0 aromatic carbocycles. The molecule has 0 heterocycles. The monoisotopic (exact) mass is 344 g/mol. The third-order valence-electron chi connectivity index (χ3n) is 10.8. The lowest BCUT2D eigenvalue weighted by Gasteiger charge is -2.63. The van der Waals surface area contributed by atoms with Gasteiger partial charge >= 0.3 is 0 Å². The number of hydrogen-bond acceptors (Lipinski definition) is 2. The third kappa shape index (κ3) is 1.83. The van der Waals surface area contributed by atoms with Crippen molar-refractivity contribution in [1.82, 2.24) is 0 Å². The first-order valence-corrected chi connectivity index (χ1v) is 11.0. The minimum atomic E-state index is -0.0493. The Morgan fingerprint density at radius 2 is 1.68 bits per heavy atom. The maximum Gasteiger partial charge on any atom is 0.136 e. The molecular formula is C23H36O2. The lowest BCUT2D eigenvalue weighted by atomic mass is 9.41. The van der Waals surface area contributed by atoms with E-state index in [-0.39, 0.29) is 16.9 Å². The van der Waals surface area contributed by atoms with E-state index in [4.69, 9.17) is 0 Å². The van der Waals surface area contributed by atoms with Crippen LogP contribution in [0.25, 0.3) is 0 Å². The molecule has 0 radical (unpaired) electrons. The normalized spacial score (nSPS) is 59.8. The van der Waals surface area contributed by atoms with Gasteiger partial charge in [-0.05, 0) is 112 Å². The SMILES string of the molecule is CC(=O)[C@@]12CC[C@@H]1C[C@H]1C3CC[C@H]4C[C@@H](O)CC[C@]4(C)[C@H]3CC[C@@]12C. The van der Waals surface area contributed by atoms with Gasteiger partial charge in [-0.2, -0.15) is 0 Å². The van der Waals surface area contributed by atoms with Crippen LogP contribution < -0.4 is 0 Å². The summed E-state index contributed by atoms with van der Waals surface area (Å²) in [6, 6.07) is 0. The molecule has 1 unspecified atom stereocenters. The molecule has 2 nitrogen and oxygen atoms in total. The van der Waals surface area contributed by atoms with Crippen LogP contribution in [0.3, 0.4) is 0 Å². The molecule has 140 valence electrons. The number of carbonyl (C=O) groups is 1. The molecule has 0 aromatic rings. The van der Waals surface area contributed by atoms with Crippen molar-refractivity contribution in [2.24, 2.45) is 45.8 Å². The van der Waals surface area contributed by atoms with Gasteiger partial charge in [-0.3, -0.25) is 4.79 Å². The van der Waals surface area contributed by atoms with Gasteiger partial charge in [0, 0.05) is 5.41 Å². The van der Waals surface area contributed by atoms with Gasteiger partial charge < -0.3 is 5.11 Å². The maximum absolute atomic E-state index is 12.7. The van der Waals surface area contributed by atoms with Gasteiger partial charge in [0.25, 0.3) is 0 Å². The van der Waals surface area contributed by atoms with E-state index in [1.54, 1.807) is 0 Å². The van der Waals surface area contributed by atoms with Gasteiger partial charge in [0.15, 0.2) is 0 Å². The van der Waals surface area contributed by atoms with Crippen LogP contribution >= 0.6 is 0 Å². The Morgan fingerprint density at radius 3 is 2.36 bits per heavy atom. The first-order valence-electron chi connectivity index (χ1n) is 11.0. The highest BCUT2D eigenvalue weighted by molar-refractivity contribution is 5.85. The molecule has 5 aliphatic carbocycles. The highest BCUT2D eigenvalue weighted by Gasteiger charge is 2.72. The lowest BCUT2D eigenvalue weighted by Crippen LogP contribution is -2.58. The Bertz CT molecular complexity index is 599. The first kappa shape index (κ1) is 16.8. The summed E-state index contributed by atoms with van der Waals surface area (Å²) in [6.45, 7) is 6.97. The zero-order valence-electron chi connectivity index (χ0n) is 16.4. The molecule has 0 amide bonds. The number of ketones is 1. The smallest absolute Gasteiger partial charge is 0.136 e. The second-order valence-corrected chi connectivity index (χ2v) is 11.0. The Hall–Kier alpha value is -0.370. The van der Waals surface area contributed by atoms with Crippen LogP contribution in [0.15, 0.2) is 0 Å². The van der Waals surface area contributed by atoms with Gasteiger partial charge in [0.2, 0.25) is 0 Å². The predicted octanol–water partition coefficient (Wildman–Crippen LogP) is 4.99. The number of hydrogen-bond donors (Lipinski definition) is 1. The average molecular weight is 345 g/mol. The van der Waals surface area contributed by atoms with E-state index in [2.05, 4.69) is 13.8 Å². The molecule has 0 bridgehead atoms. The Balaban J connectivity index is 1.49. The van der Waals surface area contributed by atoms with E-state index in [9.17, 15) is 9.90 Å². The molecule has 0 spiro atoms. The molecule has 0 saturated heterocycles. The quantitative estimate of drug-likeness (QED) is 0.728. The molecule has 2 heteroatoms. The predicted molar refractivity (Wildman–Crippen MR) is 99.0 cm³/mol. The summed E-state index contributed by atoms with van der Waals surface area (Å²) in [5.41, 5.74) is 0.776. The van der Waals surface area contributed by atoms with Crippen molar-refractivity contribution < 1.29 is 9.90 Å². The minimum Gasteiger partial charge on any atom is -0.393 e. The van der Waals surface area contributed by atoms with Crippen molar-refractivity contribution in [2.75, 3.05) is 0 Å². The van der Waals surface area contributed by atoms with Crippen LogP contribution in [0, 0.1) is 45.8 Å². The highest BCUT2D eigenvalue weighted by atomic mass is 16.3. The Morgan fingerprint density at radius 1 is 0.880 bits per heavy atom. The summed E-state index contributed by atoms with van der Waals surface area (Å²) in [5, 5.41) is 10.2. The van der Waals surface area contributed by atoms with Crippen LogP contribution in [-0.4, -0.2) is 17.0 Å². The lowest BCUT2D eigenvalue weighted by molar-refractivity contribution is -0.165. The zero-order chi connectivity index (χ0) is 17.6. The zero-order valence-corrected chi connectivity index (χ0v) is 16.4. The topological polar surface area (TPSA) is 37.3 Å². The van der Waals surface area contributed by atoms with Crippen molar-refractivity contribution in [3.05, 3.63) is 0 Å². The molecule has 0 aromatic heterocycles. The van der Waals surface area contributed by atoms with Crippen LogP contribution in [0.1, 0.15) is 85.0 Å². The number of aliphatic hydroxyl groups excluding tert-OH is 1. The fourth-order valence-corrected chi connectivity index (χ4v) is 9.42. The van der Waals surface area contributed by atoms with Crippen molar-refractivity contribution >= 4 is 5.78 Å². The van der Waals surface area contributed by atoms with Gasteiger partial charge in [0.05, 0.1) is 6.10 Å². The molecule has 5 aliphatic rings. The number of rotatable bonds is 1. The summed E-state index contributed by atoms with van der Waals surface area (Å²) >= 11 is 0. The Kier molecular flexibility index (Phi) is 3.43. The molecule has 1 N–H and O–H groups in total. The molecule has 25 heavy (non-hydrogen) atoms. The first-order chi connectivity index (χ1) is 11.8. The summed E-state index contributed by atoms with van der Waals surface area (Å²) in [4.78, 5) is 12.7. The standard InChI is InChI=1S/C23H36O2/c1-14(24)23-11-6-16(23)13-20-18-5-4-15-12-17(25)7-9-21(15,2)19(18)8-10-22(20,23)3/h15-20,25H,4-13H2,1-3H3/t15-,16+,17-,18?,19-,20-,21-,22-,23-/m0/s1. The van der Waals surface area contributed by atoms with Crippen molar-refractivity contribution in [1.29, 1.82) is 0 Å². The van der Waals surface area contributed by atoms with E-state index in [1.807, 2.05) is 6.92 Å². The van der Waals surface area contributed by atoms with Gasteiger partial charge in [-0.15, -0.1) is 0 Å². The second-order valence-electron chi connectivity index (χ2n) is 11.0. The van der Waals surface area contributed by atoms with Crippen molar-refractivity contribution in [3.63, 3.8) is 0 Å². The number of Topliss-reactive ketones (excluding diaryl/α,β-unsaturated/α-hetero) is 1. The van der Waals surface area contributed by atoms with Gasteiger partial charge in [-0.25, -0.2) is 0 Å². The summed E-state index contributed by atoms with van der Waals surface area (Å²) in [5.74, 6) is 4.41. The van der Waals surface area contributed by atoms with E-state index in [0.29, 0.717) is 17.1 Å². The van der Waals surface area contributed by atoms with Gasteiger partial charge in [-0.1, -0.05) is 13.8 Å². The third-order valence-corrected chi connectivity index (χ3v) is 10.8. The molecule has 5 saturated carbocycles. The maximum atomic E-state index is 12.7. The van der Waals surface area contributed by atoms with Crippen LogP contribution in [0.2, 0.25) is 0 Å². The van der Waals surface area contributed by atoms with Crippen LogP contribution in [0.4, 0.5) is 0 Å². The fraction of sp³-hybridized carbons (Fsp3) is 0.957. The average Bonchev–Trinajstić information content (AvgIpc) is 2.71. The van der Waals surface area contributed by atoms with Crippen LogP contribution in [0.5, 0.6) is 0 Å². The highest BCUT2D eigenvalue weighted by Crippen LogP contribution is 2.76. The molecule has 5 fully saturated rings. The second kappa shape index (κ2) is 5.12. The largest absolute Gasteiger partial charge is 0.393 e. The number of aliphatic hydroxyl groups is 1. The van der Waals surface area contributed by atoms with Crippen molar-refractivity contribution in [3.8, 4) is 0 Å². The minimum absolute atomic E-state index is 0.0448. The molecule has 5 rings (SSSR count). The molecule has 0 aliphatic heterocycles. The Labute approximate surface area is 153 Å². The number of carbonyl (C=O) groups excluding carboxylic acids is 1. The van der Waals surface area contributed by atoms with E-state index >= 15 is 0 Å². The fourth-order valence-electron chi connectivity index (χ4n) is 9.42.